The Morgan fingerprint density at radius 1 is 1.32 bits per heavy atom. The van der Waals surface area contributed by atoms with Gasteiger partial charge in [0.15, 0.2) is 0 Å². The highest BCUT2D eigenvalue weighted by molar-refractivity contribution is 5.96. The topological polar surface area (TPSA) is 72.6 Å². The van der Waals surface area contributed by atoms with Crippen molar-refractivity contribution in [2.24, 2.45) is 0 Å². The van der Waals surface area contributed by atoms with E-state index in [1.807, 2.05) is 0 Å². The van der Waals surface area contributed by atoms with E-state index in [0.717, 1.165) is 0 Å². The number of likely N-dealkylation sites (N-methyl/N-ethyl adjacent to an activating group) is 1. The zero-order valence-electron chi connectivity index (χ0n) is 11.8. The second kappa shape index (κ2) is 6.22. The van der Waals surface area contributed by atoms with Crippen LogP contribution in [0.4, 0.5) is 5.69 Å². The molecule has 0 aromatic heterocycles. The van der Waals surface area contributed by atoms with Crippen LogP contribution in [0.1, 0.15) is 29.8 Å². The third kappa shape index (κ3) is 3.98. The molecule has 1 rings (SSSR count). The Morgan fingerprint density at radius 3 is 2.47 bits per heavy atom. The van der Waals surface area contributed by atoms with Crippen LogP contribution in [-0.2, 0) is 16.0 Å². The van der Waals surface area contributed by atoms with Crippen LogP contribution < -0.4 is 5.73 Å². The van der Waals surface area contributed by atoms with Crippen molar-refractivity contribution >= 4 is 17.6 Å². The molecule has 5 nitrogen and oxygen atoms in total. The van der Waals surface area contributed by atoms with Gasteiger partial charge < -0.3 is 15.4 Å². The van der Waals surface area contributed by atoms with E-state index >= 15 is 0 Å². The minimum Gasteiger partial charge on any atom is -0.459 e. The first-order chi connectivity index (χ1) is 8.82. The summed E-state index contributed by atoms with van der Waals surface area (Å²) >= 11 is 0. The predicted molar refractivity (Wildman–Crippen MR) is 73.8 cm³/mol. The van der Waals surface area contributed by atoms with E-state index in [9.17, 15) is 9.59 Å². The molecule has 0 aliphatic carbocycles. The van der Waals surface area contributed by atoms with Gasteiger partial charge in [0.2, 0.25) is 5.91 Å². The summed E-state index contributed by atoms with van der Waals surface area (Å²) in [6.45, 7) is 3.54. The first-order valence-electron chi connectivity index (χ1n) is 6.11. The number of benzene rings is 1. The molecular formula is C14H20N2O3. The highest BCUT2D eigenvalue weighted by Crippen LogP contribution is 2.20. The fraction of sp³-hybridized carbons (Fsp3) is 0.429. The minimum absolute atomic E-state index is 0.0684. The first kappa shape index (κ1) is 15.0. The zero-order chi connectivity index (χ0) is 14.6. The van der Waals surface area contributed by atoms with Crippen LogP contribution >= 0.6 is 0 Å². The van der Waals surface area contributed by atoms with Gasteiger partial charge in [-0.2, -0.15) is 0 Å². The molecule has 2 N–H and O–H groups in total. The van der Waals surface area contributed by atoms with Gasteiger partial charge in [-0.25, -0.2) is 4.79 Å². The van der Waals surface area contributed by atoms with Crippen LogP contribution in [0.15, 0.2) is 18.2 Å². The number of hydrogen-bond acceptors (Lipinski definition) is 4. The zero-order valence-corrected chi connectivity index (χ0v) is 11.8. The van der Waals surface area contributed by atoms with Crippen molar-refractivity contribution in [3.8, 4) is 0 Å². The van der Waals surface area contributed by atoms with E-state index in [0.29, 0.717) is 16.8 Å². The molecule has 0 unspecified atom stereocenters. The molecule has 0 atom stereocenters. The summed E-state index contributed by atoms with van der Waals surface area (Å²) in [5.74, 6) is -0.535. The van der Waals surface area contributed by atoms with E-state index in [4.69, 9.17) is 10.5 Å². The standard InChI is InChI=1S/C14H20N2O3/c1-9(2)19-14(18)11-7-5-6-10(13(11)15)8-12(17)16(3)4/h5-7,9H,8,15H2,1-4H3. The van der Waals surface area contributed by atoms with Crippen molar-refractivity contribution in [2.75, 3.05) is 19.8 Å². The Hall–Kier alpha value is -2.04. The molecule has 1 aromatic carbocycles. The Labute approximate surface area is 113 Å². The van der Waals surface area contributed by atoms with Gasteiger partial charge in [0.1, 0.15) is 0 Å². The van der Waals surface area contributed by atoms with Crippen LogP contribution in [0, 0.1) is 0 Å². The lowest BCUT2D eigenvalue weighted by molar-refractivity contribution is -0.127. The number of ether oxygens (including phenoxy) is 1. The summed E-state index contributed by atoms with van der Waals surface area (Å²) in [5.41, 5.74) is 7.18. The smallest absolute Gasteiger partial charge is 0.340 e. The van der Waals surface area contributed by atoms with Crippen LogP contribution in [0.25, 0.3) is 0 Å². The number of para-hydroxylation sites is 1. The Balaban J connectivity index is 2.98. The number of nitrogen functional groups attached to an aromatic ring is 1. The van der Waals surface area contributed by atoms with Crippen LogP contribution in [-0.4, -0.2) is 37.0 Å². The molecule has 5 heteroatoms. The summed E-state index contributed by atoms with van der Waals surface area (Å²) in [6, 6.07) is 5.04. The monoisotopic (exact) mass is 264 g/mol. The maximum Gasteiger partial charge on any atom is 0.340 e. The quantitative estimate of drug-likeness (QED) is 0.660. The number of nitrogens with zero attached hydrogens (tertiary/aromatic N) is 1. The lowest BCUT2D eigenvalue weighted by Gasteiger charge is -2.14. The molecule has 1 aromatic rings. The Morgan fingerprint density at radius 2 is 1.95 bits per heavy atom. The van der Waals surface area contributed by atoms with E-state index < -0.39 is 5.97 Å². The summed E-state index contributed by atoms with van der Waals surface area (Å²) in [4.78, 5) is 25.0. The number of nitrogens with two attached hydrogens (primary N) is 1. The molecule has 0 aliphatic rings. The number of hydrogen-bond donors (Lipinski definition) is 1. The van der Waals surface area contributed by atoms with E-state index in [1.54, 1.807) is 46.1 Å². The Bertz CT molecular complexity index is 482. The lowest BCUT2D eigenvalue weighted by atomic mass is 10.0. The normalized spacial score (nSPS) is 10.4. The fourth-order valence-corrected chi connectivity index (χ4v) is 1.54. The first-order valence-corrected chi connectivity index (χ1v) is 6.11. The number of anilines is 1. The van der Waals surface area contributed by atoms with Crippen LogP contribution in [0.5, 0.6) is 0 Å². The van der Waals surface area contributed by atoms with E-state index in [1.165, 1.54) is 4.90 Å². The molecule has 0 heterocycles. The SMILES string of the molecule is CC(C)OC(=O)c1cccc(CC(=O)N(C)C)c1N. The number of esters is 1. The van der Waals surface area contributed by atoms with Gasteiger partial charge in [0.05, 0.1) is 18.1 Å². The molecule has 0 saturated carbocycles. The van der Waals surface area contributed by atoms with Gasteiger partial charge in [-0.3, -0.25) is 4.79 Å². The van der Waals surface area contributed by atoms with Gasteiger partial charge in [-0.1, -0.05) is 12.1 Å². The molecule has 1 amide bonds. The van der Waals surface area contributed by atoms with Crippen molar-refractivity contribution in [3.05, 3.63) is 29.3 Å². The molecule has 0 radical (unpaired) electrons. The molecule has 0 saturated heterocycles. The maximum absolute atomic E-state index is 11.9. The third-order valence-corrected chi connectivity index (χ3v) is 2.60. The molecule has 19 heavy (non-hydrogen) atoms. The van der Waals surface area contributed by atoms with Gasteiger partial charge >= 0.3 is 5.97 Å². The number of carbonyl (C=O) groups is 2. The summed E-state index contributed by atoms with van der Waals surface area (Å²) < 4.78 is 5.11. The molecule has 0 aliphatic heterocycles. The second-order valence-electron chi connectivity index (χ2n) is 4.80. The number of amides is 1. The van der Waals surface area contributed by atoms with Gasteiger partial charge in [-0.05, 0) is 25.5 Å². The lowest BCUT2D eigenvalue weighted by Crippen LogP contribution is -2.24. The summed E-state index contributed by atoms with van der Waals surface area (Å²) in [5, 5.41) is 0. The van der Waals surface area contributed by atoms with Gasteiger partial charge in [0.25, 0.3) is 0 Å². The van der Waals surface area contributed by atoms with Gasteiger partial charge in [-0.15, -0.1) is 0 Å². The van der Waals surface area contributed by atoms with Crippen LogP contribution in [0.2, 0.25) is 0 Å². The molecule has 0 spiro atoms. The highest BCUT2D eigenvalue weighted by atomic mass is 16.5. The van der Waals surface area contributed by atoms with E-state index in [-0.39, 0.29) is 18.4 Å². The van der Waals surface area contributed by atoms with Crippen LogP contribution in [0.3, 0.4) is 0 Å². The highest BCUT2D eigenvalue weighted by Gasteiger charge is 2.16. The maximum atomic E-state index is 11.9. The van der Waals surface area contributed by atoms with Crippen molar-refractivity contribution < 1.29 is 14.3 Å². The third-order valence-electron chi connectivity index (χ3n) is 2.60. The second-order valence-corrected chi connectivity index (χ2v) is 4.80. The van der Waals surface area contributed by atoms with Crippen molar-refractivity contribution in [3.63, 3.8) is 0 Å². The summed E-state index contributed by atoms with van der Waals surface area (Å²) in [6.07, 6.45) is -0.0410. The molecule has 0 fully saturated rings. The van der Waals surface area contributed by atoms with Gasteiger partial charge in [0, 0.05) is 19.8 Å². The van der Waals surface area contributed by atoms with Crippen molar-refractivity contribution in [2.45, 2.75) is 26.4 Å². The average molecular weight is 264 g/mol. The van der Waals surface area contributed by atoms with Crippen molar-refractivity contribution in [1.29, 1.82) is 0 Å². The predicted octanol–water partition coefficient (Wildman–Crippen LogP) is 1.46. The molecular weight excluding hydrogens is 244 g/mol. The molecule has 104 valence electrons. The minimum atomic E-state index is -0.466. The number of rotatable bonds is 4. The van der Waals surface area contributed by atoms with E-state index in [2.05, 4.69) is 0 Å². The largest absolute Gasteiger partial charge is 0.459 e. The Kier molecular flexibility index (Phi) is 4.92. The summed E-state index contributed by atoms with van der Waals surface area (Å²) in [7, 11) is 3.35. The van der Waals surface area contributed by atoms with Crippen molar-refractivity contribution in [1.82, 2.24) is 4.90 Å². The molecule has 0 bridgehead atoms. The average Bonchev–Trinajstić information content (AvgIpc) is 2.30. The number of carbonyl (C=O) groups excluding carboxylic acids is 2. The fourth-order valence-electron chi connectivity index (χ4n) is 1.54.